The van der Waals surface area contributed by atoms with Crippen LogP contribution in [-0.4, -0.2) is 46.2 Å². The molecule has 0 bridgehead atoms. The Hall–Kier alpha value is -1.85. The van der Waals surface area contributed by atoms with Gasteiger partial charge in [-0.05, 0) is 18.6 Å². The molecule has 5 nitrogen and oxygen atoms in total. The van der Waals surface area contributed by atoms with Crippen LogP contribution in [0.25, 0.3) is 0 Å². The lowest BCUT2D eigenvalue weighted by Crippen LogP contribution is -2.30. The zero-order valence-electron chi connectivity index (χ0n) is 12.1. The van der Waals surface area contributed by atoms with Gasteiger partial charge in [-0.2, -0.15) is 0 Å². The van der Waals surface area contributed by atoms with E-state index in [1.54, 1.807) is 12.4 Å². The van der Waals surface area contributed by atoms with E-state index in [4.69, 9.17) is 4.74 Å². The van der Waals surface area contributed by atoms with Gasteiger partial charge in [0.2, 0.25) is 0 Å². The van der Waals surface area contributed by atoms with E-state index in [-0.39, 0.29) is 0 Å². The van der Waals surface area contributed by atoms with E-state index in [1.165, 1.54) is 0 Å². The maximum atomic E-state index is 5.74. The quantitative estimate of drug-likeness (QED) is 0.853. The van der Waals surface area contributed by atoms with Crippen molar-refractivity contribution in [3.8, 4) is 0 Å². The Morgan fingerprint density at radius 3 is 2.90 bits per heavy atom. The molecule has 1 fully saturated rings. The summed E-state index contributed by atoms with van der Waals surface area (Å²) in [4.78, 5) is 15.3. The average Bonchev–Trinajstić information content (AvgIpc) is 2.74. The van der Waals surface area contributed by atoms with E-state index in [0.29, 0.717) is 5.92 Å². The second kappa shape index (κ2) is 7.24. The van der Waals surface area contributed by atoms with Gasteiger partial charge >= 0.3 is 0 Å². The van der Waals surface area contributed by atoms with Gasteiger partial charge in [0, 0.05) is 50.3 Å². The molecular weight excluding hydrogens is 264 g/mol. The van der Waals surface area contributed by atoms with Gasteiger partial charge in [0.15, 0.2) is 0 Å². The Morgan fingerprint density at radius 2 is 2.10 bits per heavy atom. The fraction of sp³-hybridized carbons (Fsp3) is 0.438. The smallest absolute Gasteiger partial charge is 0.0593 e. The molecule has 21 heavy (non-hydrogen) atoms. The lowest BCUT2D eigenvalue weighted by atomic mass is 10.0. The fourth-order valence-electron chi connectivity index (χ4n) is 2.67. The first-order valence-corrected chi connectivity index (χ1v) is 7.35. The molecule has 0 radical (unpaired) electrons. The molecule has 1 saturated heterocycles. The van der Waals surface area contributed by atoms with E-state index < -0.39 is 0 Å². The summed E-state index contributed by atoms with van der Waals surface area (Å²) in [6.45, 7) is 4.40. The average molecular weight is 284 g/mol. The number of hydrogen-bond donors (Lipinski definition) is 0. The Bertz CT molecular complexity index is 485. The van der Waals surface area contributed by atoms with Crippen LogP contribution < -0.4 is 0 Å². The monoisotopic (exact) mass is 284 g/mol. The second-order valence-electron chi connectivity index (χ2n) is 5.40. The van der Waals surface area contributed by atoms with Crippen molar-refractivity contribution >= 4 is 0 Å². The van der Waals surface area contributed by atoms with E-state index in [2.05, 4.69) is 25.9 Å². The fourth-order valence-corrected chi connectivity index (χ4v) is 2.67. The standard InChI is InChI=1S/C16H20N4O/c1-2-4-18-15(3-1)12-20-7-8-21-13-14(11-20)9-16-10-17-5-6-19-16/h1-6,10,14H,7-9,11-13H2/t14-/m1/s1. The topological polar surface area (TPSA) is 51.1 Å². The molecule has 0 spiro atoms. The first-order valence-electron chi connectivity index (χ1n) is 7.35. The number of ether oxygens (including phenoxy) is 1. The van der Waals surface area contributed by atoms with Gasteiger partial charge in [-0.1, -0.05) is 6.07 Å². The summed E-state index contributed by atoms with van der Waals surface area (Å²) < 4.78 is 5.74. The van der Waals surface area contributed by atoms with Crippen molar-refractivity contribution in [1.29, 1.82) is 0 Å². The van der Waals surface area contributed by atoms with Crippen LogP contribution in [0.3, 0.4) is 0 Å². The summed E-state index contributed by atoms with van der Waals surface area (Å²) in [5, 5.41) is 0. The van der Waals surface area contributed by atoms with Crippen LogP contribution >= 0.6 is 0 Å². The summed E-state index contributed by atoms with van der Waals surface area (Å²) in [5.41, 5.74) is 2.14. The van der Waals surface area contributed by atoms with Crippen molar-refractivity contribution < 1.29 is 4.74 Å². The Morgan fingerprint density at radius 1 is 1.14 bits per heavy atom. The molecule has 3 rings (SSSR count). The normalized spacial score (nSPS) is 20.1. The van der Waals surface area contributed by atoms with Crippen molar-refractivity contribution in [3.63, 3.8) is 0 Å². The minimum Gasteiger partial charge on any atom is -0.380 e. The zero-order valence-corrected chi connectivity index (χ0v) is 12.1. The van der Waals surface area contributed by atoms with E-state index in [9.17, 15) is 0 Å². The SMILES string of the molecule is c1ccc(CN2CCOC[C@H](Cc3cnccn3)C2)nc1. The zero-order chi connectivity index (χ0) is 14.3. The lowest BCUT2D eigenvalue weighted by Gasteiger charge is -2.22. The summed E-state index contributed by atoms with van der Waals surface area (Å²) in [6.07, 6.45) is 8.06. The van der Waals surface area contributed by atoms with Crippen LogP contribution in [0.1, 0.15) is 11.4 Å². The molecule has 0 aliphatic carbocycles. The first-order chi connectivity index (χ1) is 10.4. The molecule has 3 heterocycles. The summed E-state index contributed by atoms with van der Waals surface area (Å²) in [6, 6.07) is 6.06. The highest BCUT2D eigenvalue weighted by molar-refractivity contribution is 5.03. The van der Waals surface area contributed by atoms with Crippen molar-refractivity contribution in [1.82, 2.24) is 19.9 Å². The van der Waals surface area contributed by atoms with Crippen molar-refractivity contribution in [2.75, 3.05) is 26.3 Å². The van der Waals surface area contributed by atoms with Gasteiger partial charge in [0.1, 0.15) is 0 Å². The molecule has 1 aliphatic heterocycles. The molecule has 2 aromatic heterocycles. The number of pyridine rings is 1. The molecule has 0 N–H and O–H groups in total. The van der Waals surface area contributed by atoms with Crippen molar-refractivity contribution in [2.45, 2.75) is 13.0 Å². The van der Waals surface area contributed by atoms with Crippen molar-refractivity contribution in [2.24, 2.45) is 5.92 Å². The number of nitrogens with zero attached hydrogens (tertiary/aromatic N) is 4. The van der Waals surface area contributed by atoms with Crippen LogP contribution in [0.2, 0.25) is 0 Å². The molecule has 5 heteroatoms. The van der Waals surface area contributed by atoms with E-state index in [1.807, 2.05) is 24.5 Å². The predicted octanol–water partition coefficient (Wildman–Crippen LogP) is 1.56. The highest BCUT2D eigenvalue weighted by Crippen LogP contribution is 2.14. The third-order valence-electron chi connectivity index (χ3n) is 3.65. The maximum Gasteiger partial charge on any atom is 0.0593 e. The molecule has 1 aliphatic rings. The van der Waals surface area contributed by atoms with Gasteiger partial charge in [-0.15, -0.1) is 0 Å². The number of rotatable bonds is 4. The molecule has 0 unspecified atom stereocenters. The van der Waals surface area contributed by atoms with Crippen LogP contribution in [0.5, 0.6) is 0 Å². The first kappa shape index (κ1) is 14.1. The minimum absolute atomic E-state index is 0.452. The van der Waals surface area contributed by atoms with Gasteiger partial charge in [0.05, 0.1) is 24.6 Å². The molecule has 0 amide bonds. The Labute approximate surface area is 125 Å². The molecule has 2 aromatic rings. The molecular formula is C16H20N4O. The number of hydrogen-bond acceptors (Lipinski definition) is 5. The molecule has 110 valence electrons. The van der Waals surface area contributed by atoms with Gasteiger partial charge in [-0.25, -0.2) is 0 Å². The molecule has 0 aromatic carbocycles. The summed E-state index contributed by atoms with van der Waals surface area (Å²) >= 11 is 0. The van der Waals surface area contributed by atoms with E-state index in [0.717, 1.165) is 50.7 Å². The second-order valence-corrected chi connectivity index (χ2v) is 5.40. The van der Waals surface area contributed by atoms with Crippen LogP contribution in [-0.2, 0) is 17.7 Å². The Balaban J connectivity index is 1.61. The summed E-state index contributed by atoms with van der Waals surface area (Å²) in [5.74, 6) is 0.452. The molecule has 1 atom stereocenters. The van der Waals surface area contributed by atoms with Gasteiger partial charge in [-0.3, -0.25) is 19.9 Å². The highest BCUT2D eigenvalue weighted by Gasteiger charge is 2.20. The van der Waals surface area contributed by atoms with Crippen LogP contribution in [0, 0.1) is 5.92 Å². The highest BCUT2D eigenvalue weighted by atomic mass is 16.5. The third kappa shape index (κ3) is 4.31. The largest absolute Gasteiger partial charge is 0.380 e. The minimum atomic E-state index is 0.452. The van der Waals surface area contributed by atoms with E-state index >= 15 is 0 Å². The Kier molecular flexibility index (Phi) is 4.86. The predicted molar refractivity (Wildman–Crippen MR) is 79.6 cm³/mol. The van der Waals surface area contributed by atoms with Crippen LogP contribution in [0.15, 0.2) is 43.0 Å². The third-order valence-corrected chi connectivity index (χ3v) is 3.65. The summed E-state index contributed by atoms with van der Waals surface area (Å²) in [7, 11) is 0. The maximum absolute atomic E-state index is 5.74. The van der Waals surface area contributed by atoms with Gasteiger partial charge in [0.25, 0.3) is 0 Å². The van der Waals surface area contributed by atoms with Gasteiger partial charge < -0.3 is 4.74 Å². The van der Waals surface area contributed by atoms with Crippen LogP contribution in [0.4, 0.5) is 0 Å². The molecule has 0 saturated carbocycles. The number of aromatic nitrogens is 3. The lowest BCUT2D eigenvalue weighted by molar-refractivity contribution is 0.121. The van der Waals surface area contributed by atoms with Crippen molar-refractivity contribution in [3.05, 3.63) is 54.4 Å².